The Kier molecular flexibility index (Phi) is 8.19. The summed E-state index contributed by atoms with van der Waals surface area (Å²) in [6.07, 6.45) is 2.51. The van der Waals surface area contributed by atoms with Crippen molar-refractivity contribution in [3.05, 3.63) is 29.3 Å². The summed E-state index contributed by atoms with van der Waals surface area (Å²) in [7, 11) is 4.83. The Balaban J connectivity index is 1.73. The quantitative estimate of drug-likeness (QED) is 0.317. The van der Waals surface area contributed by atoms with Crippen molar-refractivity contribution in [3.63, 3.8) is 0 Å². The molecular formula is C21H32N5O3P. The van der Waals surface area contributed by atoms with Crippen LogP contribution < -0.4 is 16.0 Å². The van der Waals surface area contributed by atoms with Crippen LogP contribution in [-0.2, 0) is 16.1 Å². The molecule has 8 nitrogen and oxygen atoms in total. The maximum absolute atomic E-state index is 13.0. The maximum Gasteiger partial charge on any atom is 0.254 e. The molecule has 9 heteroatoms. The molecule has 164 valence electrons. The van der Waals surface area contributed by atoms with Gasteiger partial charge in [-0.25, -0.2) is 0 Å². The van der Waals surface area contributed by atoms with Gasteiger partial charge in [0.1, 0.15) is 6.04 Å². The molecule has 2 aliphatic heterocycles. The SMILES string of the molecule is CN1CCN(Cc2ccc(NCCCP)c(C(=O)NC3CCC(=O)NC3=O)c2)CC1. The molecule has 2 fully saturated rings. The molecule has 2 aliphatic rings. The normalized spacial score (nSPS) is 20.7. The van der Waals surface area contributed by atoms with Crippen molar-refractivity contribution in [2.45, 2.75) is 31.8 Å². The fraction of sp³-hybridized carbons (Fsp3) is 0.571. The molecule has 1 aromatic rings. The summed E-state index contributed by atoms with van der Waals surface area (Å²) in [4.78, 5) is 41.2. The van der Waals surface area contributed by atoms with Crippen molar-refractivity contribution in [2.75, 3.05) is 51.3 Å². The molecule has 0 radical (unpaired) electrons. The molecule has 1 aromatic carbocycles. The minimum Gasteiger partial charge on any atom is -0.384 e. The predicted octanol–water partition coefficient (Wildman–Crippen LogP) is 0.646. The minimum atomic E-state index is -0.684. The molecule has 3 rings (SSSR count). The molecule has 3 N–H and O–H groups in total. The van der Waals surface area contributed by atoms with E-state index in [0.29, 0.717) is 12.0 Å². The predicted molar refractivity (Wildman–Crippen MR) is 121 cm³/mol. The highest BCUT2D eigenvalue weighted by Crippen LogP contribution is 2.20. The number of rotatable bonds is 8. The topological polar surface area (TPSA) is 93.8 Å². The first-order valence-electron chi connectivity index (χ1n) is 10.6. The number of imide groups is 1. The second-order valence-corrected chi connectivity index (χ2v) is 8.58. The number of amides is 3. The molecule has 0 spiro atoms. The number of nitrogens with zero attached hydrogens (tertiary/aromatic N) is 2. The zero-order valence-corrected chi connectivity index (χ0v) is 18.7. The number of anilines is 1. The number of hydrogen-bond acceptors (Lipinski definition) is 6. The van der Waals surface area contributed by atoms with E-state index in [-0.39, 0.29) is 18.2 Å². The molecule has 0 aliphatic carbocycles. The number of nitrogens with one attached hydrogen (secondary N) is 3. The summed E-state index contributed by atoms with van der Waals surface area (Å²) in [6.45, 7) is 5.64. The van der Waals surface area contributed by atoms with Gasteiger partial charge in [-0.2, -0.15) is 0 Å². The number of carbonyl (C=O) groups is 3. The molecule has 2 heterocycles. The van der Waals surface area contributed by atoms with Crippen molar-refractivity contribution >= 4 is 32.6 Å². The fourth-order valence-electron chi connectivity index (χ4n) is 3.69. The summed E-state index contributed by atoms with van der Waals surface area (Å²) in [5, 5.41) is 8.43. The first-order chi connectivity index (χ1) is 14.5. The van der Waals surface area contributed by atoms with Gasteiger partial charge < -0.3 is 15.5 Å². The zero-order chi connectivity index (χ0) is 21.5. The molecule has 0 saturated carbocycles. The Morgan fingerprint density at radius 2 is 2.00 bits per heavy atom. The first-order valence-corrected chi connectivity index (χ1v) is 11.4. The maximum atomic E-state index is 13.0. The number of benzene rings is 1. The van der Waals surface area contributed by atoms with Gasteiger partial charge in [0.2, 0.25) is 11.8 Å². The van der Waals surface area contributed by atoms with E-state index in [0.717, 1.165) is 63.1 Å². The summed E-state index contributed by atoms with van der Waals surface area (Å²) in [5.74, 6) is -1.02. The van der Waals surface area contributed by atoms with E-state index in [9.17, 15) is 14.4 Å². The van der Waals surface area contributed by atoms with Crippen molar-refractivity contribution in [2.24, 2.45) is 0 Å². The summed E-state index contributed by atoms with van der Waals surface area (Å²) < 4.78 is 0. The van der Waals surface area contributed by atoms with Gasteiger partial charge in [0.25, 0.3) is 5.91 Å². The molecule has 2 unspecified atom stereocenters. The van der Waals surface area contributed by atoms with Gasteiger partial charge in [0.05, 0.1) is 5.56 Å². The third-order valence-corrected chi connectivity index (χ3v) is 5.98. The van der Waals surface area contributed by atoms with Crippen LogP contribution in [0.25, 0.3) is 0 Å². The van der Waals surface area contributed by atoms with Gasteiger partial charge in [-0.15, -0.1) is 9.24 Å². The molecule has 3 amide bonds. The first kappa shape index (κ1) is 22.7. The number of piperazine rings is 1. The number of piperidine rings is 1. The van der Waals surface area contributed by atoms with Crippen LogP contribution in [0.1, 0.15) is 35.2 Å². The minimum absolute atomic E-state index is 0.236. The fourth-order valence-corrected chi connectivity index (χ4v) is 3.89. The standard InChI is InChI=1S/C21H32N5O3P/c1-25-8-10-26(11-9-25)14-15-3-4-17(22-7-2-12-30)16(13-15)20(28)23-18-5-6-19(27)24-21(18)29/h3-4,13,18,22H,2,5-12,14,30H2,1H3,(H,23,28)(H,24,27,29). The highest BCUT2D eigenvalue weighted by Gasteiger charge is 2.28. The zero-order valence-electron chi connectivity index (χ0n) is 17.6. The van der Waals surface area contributed by atoms with E-state index in [1.54, 1.807) is 0 Å². The second-order valence-electron chi connectivity index (χ2n) is 8.01. The van der Waals surface area contributed by atoms with Gasteiger partial charge >= 0.3 is 0 Å². The third kappa shape index (κ3) is 6.24. The second kappa shape index (κ2) is 10.8. The van der Waals surface area contributed by atoms with Gasteiger partial charge in [-0.3, -0.25) is 24.6 Å². The Labute approximate surface area is 180 Å². The monoisotopic (exact) mass is 433 g/mol. The van der Waals surface area contributed by atoms with Crippen LogP contribution in [-0.4, -0.2) is 79.5 Å². The average molecular weight is 433 g/mol. The van der Waals surface area contributed by atoms with Crippen LogP contribution in [0.5, 0.6) is 0 Å². The van der Waals surface area contributed by atoms with Crippen LogP contribution >= 0.6 is 9.24 Å². The van der Waals surface area contributed by atoms with Gasteiger partial charge in [-0.1, -0.05) is 6.07 Å². The highest BCUT2D eigenvalue weighted by atomic mass is 31.0. The Morgan fingerprint density at radius 1 is 1.23 bits per heavy atom. The van der Waals surface area contributed by atoms with Crippen LogP contribution in [0, 0.1) is 0 Å². The van der Waals surface area contributed by atoms with Crippen LogP contribution in [0.15, 0.2) is 18.2 Å². The van der Waals surface area contributed by atoms with Crippen molar-refractivity contribution in [1.29, 1.82) is 0 Å². The lowest BCUT2D eigenvalue weighted by Gasteiger charge is -2.32. The Morgan fingerprint density at radius 3 is 2.70 bits per heavy atom. The summed E-state index contributed by atoms with van der Waals surface area (Å²) in [5.41, 5.74) is 2.38. The molecule has 0 aromatic heterocycles. The van der Waals surface area contributed by atoms with E-state index in [1.807, 2.05) is 12.1 Å². The van der Waals surface area contributed by atoms with E-state index >= 15 is 0 Å². The summed E-state index contributed by atoms with van der Waals surface area (Å²) >= 11 is 0. The van der Waals surface area contributed by atoms with E-state index in [4.69, 9.17) is 0 Å². The van der Waals surface area contributed by atoms with Crippen molar-refractivity contribution in [1.82, 2.24) is 20.4 Å². The average Bonchev–Trinajstić information content (AvgIpc) is 2.73. The summed E-state index contributed by atoms with van der Waals surface area (Å²) in [6, 6.07) is 5.25. The largest absolute Gasteiger partial charge is 0.384 e. The van der Waals surface area contributed by atoms with E-state index in [1.165, 1.54) is 0 Å². The van der Waals surface area contributed by atoms with Gasteiger partial charge in [0, 0.05) is 51.4 Å². The van der Waals surface area contributed by atoms with Crippen LogP contribution in [0.4, 0.5) is 5.69 Å². The smallest absolute Gasteiger partial charge is 0.254 e. The number of carbonyl (C=O) groups excluding carboxylic acids is 3. The van der Waals surface area contributed by atoms with Gasteiger partial charge in [0.15, 0.2) is 0 Å². The molecule has 2 saturated heterocycles. The van der Waals surface area contributed by atoms with E-state index < -0.39 is 11.9 Å². The van der Waals surface area contributed by atoms with E-state index in [2.05, 4.69) is 48.1 Å². The molecular weight excluding hydrogens is 401 g/mol. The third-order valence-electron chi connectivity index (χ3n) is 5.57. The van der Waals surface area contributed by atoms with Crippen LogP contribution in [0.3, 0.4) is 0 Å². The van der Waals surface area contributed by atoms with Gasteiger partial charge in [-0.05, 0) is 43.7 Å². The number of hydrogen-bond donors (Lipinski definition) is 3. The molecule has 0 bridgehead atoms. The lowest BCUT2D eigenvalue weighted by Crippen LogP contribution is -2.52. The molecule has 2 atom stereocenters. The highest BCUT2D eigenvalue weighted by molar-refractivity contribution is 7.16. The van der Waals surface area contributed by atoms with Crippen molar-refractivity contribution in [3.8, 4) is 0 Å². The molecule has 30 heavy (non-hydrogen) atoms. The van der Waals surface area contributed by atoms with Crippen LogP contribution in [0.2, 0.25) is 0 Å². The Bertz CT molecular complexity index is 780. The number of likely N-dealkylation sites (N-methyl/N-ethyl adjacent to an activating group) is 1. The van der Waals surface area contributed by atoms with Crippen molar-refractivity contribution < 1.29 is 14.4 Å². The lowest BCUT2D eigenvalue weighted by molar-refractivity contribution is -0.134. The lowest BCUT2D eigenvalue weighted by atomic mass is 10.0. The Hall–Kier alpha value is -2.02.